The number of carbonyl (C=O) groups excluding carboxylic acids is 1. The van der Waals surface area contributed by atoms with Gasteiger partial charge < -0.3 is 10.1 Å². The summed E-state index contributed by atoms with van der Waals surface area (Å²) in [5, 5.41) is 6.12. The van der Waals surface area contributed by atoms with Crippen LogP contribution in [0.4, 0.5) is 5.13 Å². The van der Waals surface area contributed by atoms with Gasteiger partial charge >= 0.3 is 5.97 Å². The van der Waals surface area contributed by atoms with Gasteiger partial charge in [-0.1, -0.05) is 13.8 Å². The lowest BCUT2D eigenvalue weighted by molar-refractivity contribution is -0.139. The van der Waals surface area contributed by atoms with Crippen LogP contribution in [0, 0.1) is 11.3 Å². The second-order valence-electron chi connectivity index (χ2n) is 5.17. The Morgan fingerprint density at radius 3 is 3.00 bits per heavy atom. The molecular formula is C12H18N2O2S. The number of hydrogen-bond acceptors (Lipinski definition) is 5. The highest BCUT2D eigenvalue weighted by molar-refractivity contribution is 7.13. The van der Waals surface area contributed by atoms with Crippen LogP contribution in [0.1, 0.15) is 26.0 Å². The highest BCUT2D eigenvalue weighted by Crippen LogP contribution is 2.51. The average molecular weight is 254 g/mol. The van der Waals surface area contributed by atoms with Crippen LogP contribution in [-0.2, 0) is 16.0 Å². The zero-order chi connectivity index (χ0) is 12.5. The summed E-state index contributed by atoms with van der Waals surface area (Å²) in [6.45, 7) is 5.53. The Hall–Kier alpha value is -1.10. The van der Waals surface area contributed by atoms with E-state index in [4.69, 9.17) is 0 Å². The van der Waals surface area contributed by atoms with Crippen LogP contribution >= 0.6 is 11.3 Å². The number of thiazole rings is 1. The molecule has 1 saturated carbocycles. The lowest BCUT2D eigenvalue weighted by Crippen LogP contribution is -2.08. The summed E-state index contributed by atoms with van der Waals surface area (Å²) in [6, 6.07) is 0. The zero-order valence-corrected chi connectivity index (χ0v) is 11.3. The Morgan fingerprint density at radius 2 is 2.41 bits per heavy atom. The summed E-state index contributed by atoms with van der Waals surface area (Å²) in [6.07, 6.45) is 1.53. The fourth-order valence-corrected chi connectivity index (χ4v) is 2.54. The maximum Gasteiger partial charge on any atom is 0.311 e. The maximum atomic E-state index is 11.1. The predicted molar refractivity (Wildman–Crippen MR) is 68.2 cm³/mol. The minimum Gasteiger partial charge on any atom is -0.469 e. The van der Waals surface area contributed by atoms with Crippen LogP contribution < -0.4 is 5.32 Å². The van der Waals surface area contributed by atoms with Crippen molar-refractivity contribution in [2.45, 2.75) is 26.7 Å². The van der Waals surface area contributed by atoms with Crippen molar-refractivity contribution in [1.29, 1.82) is 0 Å². The second kappa shape index (κ2) is 4.64. The standard InChI is InChI=1S/C12H18N2O2S/c1-12(2)5-8(12)6-13-11-14-9(7-17-11)4-10(15)16-3/h7-8H,4-6H2,1-3H3,(H,13,14). The summed E-state index contributed by atoms with van der Waals surface area (Å²) >= 11 is 1.54. The molecule has 0 amide bonds. The van der Waals surface area contributed by atoms with Crippen LogP contribution in [-0.4, -0.2) is 24.6 Å². The van der Waals surface area contributed by atoms with Gasteiger partial charge in [0.15, 0.2) is 5.13 Å². The van der Waals surface area contributed by atoms with Crippen LogP contribution in [0.2, 0.25) is 0 Å². The molecule has 1 atom stereocenters. The van der Waals surface area contributed by atoms with E-state index in [-0.39, 0.29) is 12.4 Å². The molecule has 0 spiro atoms. The first kappa shape index (κ1) is 12.4. The summed E-state index contributed by atoms with van der Waals surface area (Å²) in [5.41, 5.74) is 1.26. The van der Waals surface area contributed by atoms with E-state index in [0.717, 1.165) is 23.3 Å². The van der Waals surface area contributed by atoms with Crippen molar-refractivity contribution in [3.8, 4) is 0 Å². The number of rotatable bonds is 5. The Bertz CT molecular complexity index is 414. The molecular weight excluding hydrogens is 236 g/mol. The molecule has 1 unspecified atom stereocenters. The molecule has 4 nitrogen and oxygen atoms in total. The highest BCUT2D eigenvalue weighted by atomic mass is 32.1. The molecule has 0 aromatic carbocycles. The molecule has 2 rings (SSSR count). The third-order valence-corrected chi connectivity index (χ3v) is 4.17. The topological polar surface area (TPSA) is 51.2 Å². The summed E-state index contributed by atoms with van der Waals surface area (Å²) < 4.78 is 4.60. The molecule has 94 valence electrons. The largest absolute Gasteiger partial charge is 0.469 e. The minimum atomic E-state index is -0.245. The fourth-order valence-electron chi connectivity index (χ4n) is 1.82. The van der Waals surface area contributed by atoms with E-state index < -0.39 is 0 Å². The molecule has 1 fully saturated rings. The first-order valence-corrected chi connectivity index (χ1v) is 6.64. The monoisotopic (exact) mass is 254 g/mol. The second-order valence-corrected chi connectivity index (χ2v) is 6.03. The lowest BCUT2D eigenvalue weighted by atomic mass is 10.1. The number of ether oxygens (including phenoxy) is 1. The Kier molecular flexibility index (Phi) is 3.38. The number of nitrogens with zero attached hydrogens (tertiary/aromatic N) is 1. The van der Waals surface area contributed by atoms with Crippen molar-refractivity contribution in [3.05, 3.63) is 11.1 Å². The van der Waals surface area contributed by atoms with E-state index in [1.54, 1.807) is 11.3 Å². The molecule has 0 saturated heterocycles. The van der Waals surface area contributed by atoms with E-state index in [9.17, 15) is 4.79 Å². The van der Waals surface area contributed by atoms with Gasteiger partial charge in [0.2, 0.25) is 0 Å². The van der Waals surface area contributed by atoms with Gasteiger partial charge in [-0.2, -0.15) is 0 Å². The van der Waals surface area contributed by atoms with Crippen molar-refractivity contribution in [1.82, 2.24) is 4.98 Å². The van der Waals surface area contributed by atoms with Crippen molar-refractivity contribution >= 4 is 22.4 Å². The van der Waals surface area contributed by atoms with E-state index >= 15 is 0 Å². The SMILES string of the molecule is COC(=O)Cc1csc(NCC2CC2(C)C)n1. The molecule has 1 aliphatic carbocycles. The number of methoxy groups -OCH3 is 1. The first-order valence-electron chi connectivity index (χ1n) is 5.76. The van der Waals surface area contributed by atoms with Crippen molar-refractivity contribution < 1.29 is 9.53 Å². The highest BCUT2D eigenvalue weighted by Gasteiger charge is 2.45. The summed E-state index contributed by atoms with van der Waals surface area (Å²) in [5.74, 6) is 0.501. The molecule has 5 heteroatoms. The van der Waals surface area contributed by atoms with E-state index in [1.165, 1.54) is 13.5 Å². The molecule has 0 radical (unpaired) electrons. The molecule has 1 aromatic rings. The van der Waals surface area contributed by atoms with Gasteiger partial charge in [-0.05, 0) is 17.8 Å². The Balaban J connectivity index is 1.80. The van der Waals surface area contributed by atoms with E-state index in [0.29, 0.717) is 5.41 Å². The average Bonchev–Trinajstić information content (AvgIpc) is 2.70. The van der Waals surface area contributed by atoms with Gasteiger partial charge in [0.25, 0.3) is 0 Å². The zero-order valence-electron chi connectivity index (χ0n) is 10.4. The first-order chi connectivity index (χ1) is 8.01. The third kappa shape index (κ3) is 3.19. The molecule has 1 aromatic heterocycles. The van der Waals surface area contributed by atoms with Crippen LogP contribution in [0.3, 0.4) is 0 Å². The van der Waals surface area contributed by atoms with Crippen LogP contribution in [0.5, 0.6) is 0 Å². The lowest BCUT2D eigenvalue weighted by Gasteiger charge is -2.03. The third-order valence-electron chi connectivity index (χ3n) is 3.32. The molecule has 1 N–H and O–H groups in total. The molecule has 0 aliphatic heterocycles. The predicted octanol–water partition coefficient (Wildman–Crippen LogP) is 2.32. The molecule has 0 bridgehead atoms. The van der Waals surface area contributed by atoms with Crippen molar-refractivity contribution in [3.63, 3.8) is 0 Å². The number of esters is 1. The smallest absolute Gasteiger partial charge is 0.311 e. The minimum absolute atomic E-state index is 0.245. The fraction of sp³-hybridized carbons (Fsp3) is 0.667. The Morgan fingerprint density at radius 1 is 1.71 bits per heavy atom. The Labute approximate surface area is 105 Å². The number of anilines is 1. The van der Waals surface area contributed by atoms with Gasteiger partial charge in [-0.15, -0.1) is 11.3 Å². The number of nitrogens with one attached hydrogen (secondary N) is 1. The number of hydrogen-bond donors (Lipinski definition) is 1. The van der Waals surface area contributed by atoms with Crippen LogP contribution in [0.25, 0.3) is 0 Å². The van der Waals surface area contributed by atoms with E-state index in [1.807, 2.05) is 5.38 Å². The molecule has 17 heavy (non-hydrogen) atoms. The van der Waals surface area contributed by atoms with Gasteiger partial charge in [-0.25, -0.2) is 4.98 Å². The van der Waals surface area contributed by atoms with Crippen molar-refractivity contribution in [2.24, 2.45) is 11.3 Å². The number of aromatic nitrogens is 1. The van der Waals surface area contributed by atoms with Gasteiger partial charge in [0.05, 0.1) is 19.2 Å². The van der Waals surface area contributed by atoms with Gasteiger partial charge in [0.1, 0.15) is 0 Å². The van der Waals surface area contributed by atoms with Gasteiger partial charge in [0, 0.05) is 11.9 Å². The maximum absolute atomic E-state index is 11.1. The molecule has 1 aliphatic rings. The summed E-state index contributed by atoms with van der Waals surface area (Å²) in [4.78, 5) is 15.4. The summed E-state index contributed by atoms with van der Waals surface area (Å²) in [7, 11) is 1.39. The normalized spacial score (nSPS) is 21.0. The van der Waals surface area contributed by atoms with E-state index in [2.05, 4.69) is 28.9 Å². The van der Waals surface area contributed by atoms with Crippen molar-refractivity contribution in [2.75, 3.05) is 19.0 Å². The van der Waals surface area contributed by atoms with Crippen LogP contribution in [0.15, 0.2) is 5.38 Å². The van der Waals surface area contributed by atoms with Gasteiger partial charge in [-0.3, -0.25) is 4.79 Å². The quantitative estimate of drug-likeness (QED) is 0.819. The number of carbonyl (C=O) groups is 1. The molecule has 1 heterocycles.